The van der Waals surface area contributed by atoms with E-state index in [0.717, 1.165) is 0 Å². The zero-order valence-electron chi connectivity index (χ0n) is 8.83. The Balaban J connectivity index is 2.51. The number of phosphoric acid groups is 1. The van der Waals surface area contributed by atoms with Gasteiger partial charge in [-0.25, -0.2) is 9.36 Å². The molecule has 1 fully saturated rings. The Morgan fingerprint density at radius 3 is 2.75 bits per heavy atom. The molecule has 1 heterocycles. The molecule has 2 unspecified atom stereocenters. The van der Waals surface area contributed by atoms with Crippen LogP contribution in [0.25, 0.3) is 0 Å². The highest BCUT2D eigenvalue weighted by Gasteiger charge is 2.40. The fourth-order valence-corrected chi connectivity index (χ4v) is 1.97. The van der Waals surface area contributed by atoms with Crippen molar-refractivity contribution < 1.29 is 33.5 Å². The van der Waals surface area contributed by atoms with Crippen LogP contribution in [0.1, 0.15) is 26.2 Å². The van der Waals surface area contributed by atoms with Gasteiger partial charge in [0, 0.05) is 0 Å². The maximum atomic E-state index is 10.9. The minimum Gasteiger partial charge on any atom is -0.479 e. The number of hydrogen-bond donors (Lipinski definition) is 3. The van der Waals surface area contributed by atoms with Gasteiger partial charge in [-0.05, 0) is 26.2 Å². The highest BCUT2D eigenvalue weighted by molar-refractivity contribution is 7.46. The van der Waals surface area contributed by atoms with Gasteiger partial charge in [0.2, 0.25) is 0 Å². The fraction of sp³-hybridized carbons (Fsp3) is 0.875. The Kier molecular flexibility index (Phi) is 4.09. The average Bonchev–Trinajstić information content (AvgIpc) is 2.14. The Morgan fingerprint density at radius 1 is 1.62 bits per heavy atom. The van der Waals surface area contributed by atoms with Crippen molar-refractivity contribution in [2.45, 2.75) is 37.9 Å². The van der Waals surface area contributed by atoms with E-state index in [9.17, 15) is 9.36 Å². The quantitative estimate of drug-likeness (QED) is 0.626. The maximum absolute atomic E-state index is 10.9. The summed E-state index contributed by atoms with van der Waals surface area (Å²) >= 11 is 0. The third-order valence-corrected chi connectivity index (χ3v) is 2.97. The number of ether oxygens (including phenoxy) is 1. The molecule has 1 aliphatic rings. The number of carboxylic acid groups (broad SMARTS) is 1. The molecular weight excluding hydrogens is 239 g/mol. The van der Waals surface area contributed by atoms with Crippen LogP contribution in [-0.2, 0) is 18.6 Å². The molecule has 0 bridgehead atoms. The number of rotatable bonds is 4. The lowest BCUT2D eigenvalue weighted by Gasteiger charge is -2.35. The van der Waals surface area contributed by atoms with E-state index < -0.39 is 25.5 Å². The molecule has 0 radical (unpaired) electrons. The van der Waals surface area contributed by atoms with Crippen molar-refractivity contribution >= 4 is 13.8 Å². The lowest BCUT2D eigenvalue weighted by molar-refractivity contribution is -0.183. The number of phosphoric ester groups is 1. The predicted octanol–water partition coefficient (Wildman–Crippen LogP) is 0.508. The van der Waals surface area contributed by atoms with E-state index in [1.165, 1.54) is 6.92 Å². The number of hydrogen-bond acceptors (Lipinski definition) is 4. The van der Waals surface area contributed by atoms with Crippen molar-refractivity contribution in [3.8, 4) is 0 Å². The van der Waals surface area contributed by atoms with Crippen molar-refractivity contribution in [3.63, 3.8) is 0 Å². The minimum absolute atomic E-state index is 0.298. The highest BCUT2D eigenvalue weighted by Crippen LogP contribution is 2.37. The molecule has 2 atom stereocenters. The van der Waals surface area contributed by atoms with Crippen molar-refractivity contribution in [1.29, 1.82) is 0 Å². The van der Waals surface area contributed by atoms with Gasteiger partial charge >= 0.3 is 13.8 Å². The first-order chi connectivity index (χ1) is 7.23. The van der Waals surface area contributed by atoms with E-state index in [1.807, 2.05) is 0 Å². The monoisotopic (exact) mass is 254 g/mol. The van der Waals surface area contributed by atoms with Gasteiger partial charge in [-0.3, -0.25) is 4.52 Å². The van der Waals surface area contributed by atoms with Crippen LogP contribution >= 0.6 is 7.82 Å². The lowest BCUT2D eigenvalue weighted by atomic mass is 9.93. The molecule has 8 heteroatoms. The summed E-state index contributed by atoms with van der Waals surface area (Å²) in [6, 6.07) is 0. The van der Waals surface area contributed by atoms with Gasteiger partial charge < -0.3 is 19.6 Å². The van der Waals surface area contributed by atoms with Crippen LogP contribution in [0, 0.1) is 0 Å². The van der Waals surface area contributed by atoms with Gasteiger partial charge in [0.05, 0.1) is 12.7 Å². The van der Waals surface area contributed by atoms with E-state index in [1.54, 1.807) is 0 Å². The van der Waals surface area contributed by atoms with E-state index in [4.69, 9.17) is 19.6 Å². The summed E-state index contributed by atoms with van der Waals surface area (Å²) in [5, 5.41) is 8.92. The normalized spacial score (nSPS) is 31.3. The van der Waals surface area contributed by atoms with Gasteiger partial charge in [-0.1, -0.05) is 0 Å². The van der Waals surface area contributed by atoms with E-state index in [-0.39, 0.29) is 6.61 Å². The molecule has 0 amide bonds. The molecule has 0 aromatic carbocycles. The average molecular weight is 254 g/mol. The van der Waals surface area contributed by atoms with E-state index in [0.29, 0.717) is 19.3 Å². The minimum atomic E-state index is -4.53. The molecule has 1 aliphatic heterocycles. The second-order valence-corrected chi connectivity index (χ2v) is 5.19. The van der Waals surface area contributed by atoms with Gasteiger partial charge in [-0.15, -0.1) is 0 Å². The second-order valence-electron chi connectivity index (χ2n) is 3.95. The van der Waals surface area contributed by atoms with Crippen molar-refractivity contribution in [2.75, 3.05) is 6.61 Å². The molecule has 94 valence electrons. The Morgan fingerprint density at radius 2 is 2.25 bits per heavy atom. The van der Waals surface area contributed by atoms with Crippen LogP contribution in [0.15, 0.2) is 0 Å². The highest BCUT2D eigenvalue weighted by atomic mass is 31.2. The van der Waals surface area contributed by atoms with Crippen molar-refractivity contribution in [1.82, 2.24) is 0 Å². The Hall–Kier alpha value is -0.460. The molecule has 0 saturated carbocycles. The zero-order valence-corrected chi connectivity index (χ0v) is 9.72. The molecule has 1 rings (SSSR count). The number of carbonyl (C=O) groups is 1. The molecule has 0 spiro atoms. The van der Waals surface area contributed by atoms with Crippen LogP contribution in [0.3, 0.4) is 0 Å². The molecule has 1 saturated heterocycles. The zero-order chi connectivity index (χ0) is 12.4. The Labute approximate surface area is 92.6 Å². The largest absolute Gasteiger partial charge is 0.479 e. The molecule has 0 aromatic rings. The van der Waals surface area contributed by atoms with Gasteiger partial charge in [0.15, 0.2) is 5.60 Å². The maximum Gasteiger partial charge on any atom is 0.469 e. The lowest BCUT2D eigenvalue weighted by Crippen LogP contribution is -2.45. The molecule has 7 nitrogen and oxygen atoms in total. The molecular formula is C8H15O7P. The van der Waals surface area contributed by atoms with E-state index >= 15 is 0 Å². The molecule has 0 aromatic heterocycles. The SMILES string of the molecule is CC1(C(=O)O)CCCC(COP(=O)(O)O)O1. The van der Waals surface area contributed by atoms with Crippen LogP contribution in [0.5, 0.6) is 0 Å². The molecule has 16 heavy (non-hydrogen) atoms. The summed E-state index contributed by atoms with van der Waals surface area (Å²) in [7, 11) is -4.53. The molecule has 0 aliphatic carbocycles. The first-order valence-corrected chi connectivity index (χ1v) is 6.37. The third-order valence-electron chi connectivity index (χ3n) is 2.49. The van der Waals surface area contributed by atoms with Crippen molar-refractivity contribution in [2.24, 2.45) is 0 Å². The van der Waals surface area contributed by atoms with E-state index in [2.05, 4.69) is 4.52 Å². The van der Waals surface area contributed by atoms with Gasteiger partial charge in [-0.2, -0.15) is 0 Å². The topological polar surface area (TPSA) is 113 Å². The predicted molar refractivity (Wildman–Crippen MR) is 52.8 cm³/mol. The van der Waals surface area contributed by atoms with Crippen LogP contribution in [0.4, 0.5) is 0 Å². The number of carboxylic acids is 1. The smallest absolute Gasteiger partial charge is 0.469 e. The molecule has 3 N–H and O–H groups in total. The fourth-order valence-electron chi connectivity index (χ4n) is 1.61. The summed E-state index contributed by atoms with van der Waals surface area (Å²) < 4.78 is 20.0. The summed E-state index contributed by atoms with van der Waals surface area (Å²) in [5.41, 5.74) is -1.29. The standard InChI is InChI=1S/C8H15O7P/c1-8(7(9)10)4-2-3-6(15-8)5-14-16(11,12)13/h6H,2-5H2,1H3,(H,9,10)(H2,11,12,13). The third kappa shape index (κ3) is 3.84. The first-order valence-electron chi connectivity index (χ1n) is 4.84. The summed E-state index contributed by atoms with van der Waals surface area (Å²) in [6.45, 7) is 1.14. The summed E-state index contributed by atoms with van der Waals surface area (Å²) in [6.07, 6.45) is 0.942. The van der Waals surface area contributed by atoms with Crippen molar-refractivity contribution in [3.05, 3.63) is 0 Å². The Bertz CT molecular complexity index is 312. The summed E-state index contributed by atoms with van der Waals surface area (Å²) in [4.78, 5) is 27.9. The van der Waals surface area contributed by atoms with Crippen LogP contribution in [-0.4, -0.2) is 39.2 Å². The first kappa shape index (κ1) is 13.6. The summed E-state index contributed by atoms with van der Waals surface area (Å²) in [5.74, 6) is -1.08. The second kappa shape index (κ2) is 4.81. The van der Waals surface area contributed by atoms with Gasteiger partial charge in [0.1, 0.15) is 0 Å². The number of aliphatic carboxylic acids is 1. The van der Waals surface area contributed by atoms with Gasteiger partial charge in [0.25, 0.3) is 0 Å². The van der Waals surface area contributed by atoms with Crippen LogP contribution in [0.2, 0.25) is 0 Å². The van der Waals surface area contributed by atoms with Crippen LogP contribution < -0.4 is 0 Å².